The van der Waals surface area contributed by atoms with Gasteiger partial charge in [-0.1, -0.05) is 0 Å². The van der Waals surface area contributed by atoms with Crippen molar-refractivity contribution in [1.82, 2.24) is 0 Å². The van der Waals surface area contributed by atoms with Gasteiger partial charge in [0, 0.05) is 0 Å². The second-order valence-corrected chi connectivity index (χ2v) is 19.9. The average molecular weight is 598 g/mol. The van der Waals surface area contributed by atoms with Crippen molar-refractivity contribution in [2.75, 3.05) is 0 Å². The maximum absolute atomic E-state index is 5.32. The minimum atomic E-state index is -3.49. The molecule has 2 unspecified atom stereocenters. The van der Waals surface area contributed by atoms with Gasteiger partial charge in [0.15, 0.2) is 0 Å². The van der Waals surface area contributed by atoms with Crippen LogP contribution in [0, 0.1) is 18.3 Å². The zero-order valence-corrected chi connectivity index (χ0v) is 26.3. The molecule has 2 aliphatic rings. The molecule has 0 N–H and O–H groups in total. The number of hydrogen-bond acceptors (Lipinski definition) is 0. The fourth-order valence-corrected chi connectivity index (χ4v) is 16.0. The molecule has 0 heterocycles. The Kier molecular flexibility index (Phi) is 8.93. The van der Waals surface area contributed by atoms with Gasteiger partial charge in [-0.2, -0.15) is 0 Å². The fraction of sp³-hybridized carbons (Fsp3) is 0.303. The van der Waals surface area contributed by atoms with E-state index in [1.165, 1.54) is 49.5 Å². The van der Waals surface area contributed by atoms with Gasteiger partial charge in [0.2, 0.25) is 0 Å². The summed E-state index contributed by atoms with van der Waals surface area (Å²) in [7, 11) is 0. The van der Waals surface area contributed by atoms with E-state index < -0.39 is 19.8 Å². The molecule has 3 aromatic rings. The van der Waals surface area contributed by atoms with Crippen LogP contribution in [0.3, 0.4) is 0 Å². The van der Waals surface area contributed by atoms with Crippen LogP contribution in [0.15, 0.2) is 87.7 Å². The predicted octanol–water partition coefficient (Wildman–Crippen LogP) is 8.23. The Balaban J connectivity index is 0.00000180. The van der Waals surface area contributed by atoms with E-state index in [2.05, 4.69) is 114 Å². The monoisotopic (exact) mass is 595 g/mol. The third-order valence-electron chi connectivity index (χ3n) is 7.90. The summed E-state index contributed by atoms with van der Waals surface area (Å²) in [6, 6.07) is 25.4. The zero-order valence-electron chi connectivity index (χ0n) is 22.2. The molecule has 2 atom stereocenters. The summed E-state index contributed by atoms with van der Waals surface area (Å²) in [6.45, 7) is 11.6. The van der Waals surface area contributed by atoms with Gasteiger partial charge in [-0.3, -0.25) is 0 Å². The molecular weight excluding hydrogens is 558 g/mol. The number of rotatable bonds is 5. The van der Waals surface area contributed by atoms with Gasteiger partial charge in [-0.15, -0.1) is 24.8 Å². The SMILES string of the molecule is Cl.Cl.[CH2]=[Zr]([C]1=CC(C(C)(C)C)=CC1CCC)([c]1ccc(C)cc1)[c]1cccc2c1Cc1ccccc1-2. The molecule has 36 heavy (non-hydrogen) atoms. The normalized spacial score (nSPS) is 17.6. The molecule has 0 saturated carbocycles. The molecule has 5 rings (SSSR count). The Hall–Kier alpha value is -1.53. The van der Waals surface area contributed by atoms with Crippen LogP contribution in [0.4, 0.5) is 0 Å². The average Bonchev–Trinajstić information content (AvgIpc) is 3.41. The zero-order chi connectivity index (χ0) is 24.1. The first kappa shape index (κ1) is 29.0. The van der Waals surface area contributed by atoms with Gasteiger partial charge in [0.1, 0.15) is 0 Å². The van der Waals surface area contributed by atoms with E-state index in [1.807, 2.05) is 0 Å². The molecule has 0 spiro atoms. The topological polar surface area (TPSA) is 0 Å². The molecule has 0 saturated heterocycles. The van der Waals surface area contributed by atoms with Gasteiger partial charge in [0.05, 0.1) is 0 Å². The van der Waals surface area contributed by atoms with Crippen LogP contribution in [0.2, 0.25) is 0 Å². The number of fused-ring (bicyclic) bond motifs is 3. The number of hydrogen-bond donors (Lipinski definition) is 0. The Morgan fingerprint density at radius 3 is 2.22 bits per heavy atom. The van der Waals surface area contributed by atoms with Gasteiger partial charge < -0.3 is 0 Å². The summed E-state index contributed by atoms with van der Waals surface area (Å²) in [5.74, 6) is 0.508. The van der Waals surface area contributed by atoms with Crippen molar-refractivity contribution in [2.45, 2.75) is 53.9 Å². The quantitative estimate of drug-likeness (QED) is 0.217. The van der Waals surface area contributed by atoms with Gasteiger partial charge in [-0.05, 0) is 0 Å². The Bertz CT molecular complexity index is 1350. The van der Waals surface area contributed by atoms with E-state index in [0.29, 0.717) is 5.92 Å². The van der Waals surface area contributed by atoms with E-state index in [4.69, 9.17) is 4.21 Å². The molecule has 0 radical (unpaired) electrons. The summed E-state index contributed by atoms with van der Waals surface area (Å²) in [5, 5.41) is 0. The van der Waals surface area contributed by atoms with E-state index >= 15 is 0 Å². The molecule has 189 valence electrons. The van der Waals surface area contributed by atoms with Crippen LogP contribution in [0.1, 0.15) is 57.2 Å². The molecule has 3 heteroatoms. The van der Waals surface area contributed by atoms with Crippen molar-refractivity contribution in [2.24, 2.45) is 11.3 Å². The number of halogens is 2. The number of benzene rings is 3. The van der Waals surface area contributed by atoms with Gasteiger partial charge in [-0.25, -0.2) is 0 Å². The first-order valence-corrected chi connectivity index (χ1v) is 18.2. The molecule has 2 aliphatic carbocycles. The number of aryl methyl sites for hydroxylation is 1. The second-order valence-electron chi connectivity index (χ2n) is 11.3. The maximum atomic E-state index is 5.32. The van der Waals surface area contributed by atoms with Crippen LogP contribution in [0.25, 0.3) is 11.1 Å². The van der Waals surface area contributed by atoms with Crippen LogP contribution in [-0.4, -0.2) is 4.21 Å². The van der Waals surface area contributed by atoms with Gasteiger partial charge >= 0.3 is 211 Å². The molecule has 0 nitrogen and oxygen atoms in total. The van der Waals surface area contributed by atoms with Crippen molar-refractivity contribution in [3.05, 3.63) is 104 Å². The van der Waals surface area contributed by atoms with Crippen molar-refractivity contribution in [1.29, 1.82) is 0 Å². The summed E-state index contributed by atoms with van der Waals surface area (Å²) in [6.07, 6.45) is 8.62. The predicted molar refractivity (Wildman–Crippen MR) is 161 cm³/mol. The second kappa shape index (κ2) is 11.1. The summed E-state index contributed by atoms with van der Waals surface area (Å²) >= 11 is -3.49. The molecule has 0 fully saturated rings. The molecule has 0 aromatic heterocycles. The van der Waals surface area contributed by atoms with E-state index in [-0.39, 0.29) is 30.2 Å². The first-order chi connectivity index (χ1) is 16.2. The van der Waals surface area contributed by atoms with Crippen LogP contribution >= 0.6 is 24.8 Å². The summed E-state index contributed by atoms with van der Waals surface area (Å²) in [5.41, 5.74) is 8.81. The Morgan fingerprint density at radius 1 is 0.889 bits per heavy atom. The molecule has 0 bridgehead atoms. The third-order valence-corrected chi connectivity index (χ3v) is 18.2. The summed E-state index contributed by atoms with van der Waals surface area (Å²) in [4.78, 5) is 0. The van der Waals surface area contributed by atoms with Gasteiger partial charge in [0.25, 0.3) is 0 Å². The standard InChI is InChI=1S/C13H9.C12H19.C7H7.CH2.2ClH.Zr/c1-3-7-12-10(5-1)9-11-6-2-4-8-13(11)12;1-5-6-10-7-8-11(9-10)12(2,3)4;1-7-5-3-2-4-6-7;;;;/h1-5,7-8H,9H2;8-10H,5-6H2,1-4H3;3-6H,1H3;1H2;2*1H;. The minimum absolute atomic E-state index is 0. The molecule has 0 amide bonds. The van der Waals surface area contributed by atoms with E-state index in [1.54, 1.807) is 6.55 Å². The van der Waals surface area contributed by atoms with Crippen molar-refractivity contribution in [3.8, 4) is 11.1 Å². The van der Waals surface area contributed by atoms with Crippen molar-refractivity contribution in [3.63, 3.8) is 0 Å². The molecule has 3 aromatic carbocycles. The number of allylic oxidation sites excluding steroid dienone is 4. The Labute approximate surface area is 234 Å². The third kappa shape index (κ3) is 4.97. The van der Waals surface area contributed by atoms with Crippen LogP contribution in [-0.2, 0) is 26.2 Å². The Morgan fingerprint density at radius 2 is 1.56 bits per heavy atom. The molecular formula is C33H39Cl2Zr. The van der Waals surface area contributed by atoms with E-state index in [0.717, 1.165) is 6.42 Å². The van der Waals surface area contributed by atoms with E-state index in [9.17, 15) is 0 Å². The summed E-state index contributed by atoms with van der Waals surface area (Å²) < 4.78 is 10.1. The fourth-order valence-electron chi connectivity index (χ4n) is 5.96. The van der Waals surface area contributed by atoms with Crippen LogP contribution < -0.4 is 6.54 Å². The molecule has 0 aliphatic heterocycles. The van der Waals surface area contributed by atoms with Crippen molar-refractivity contribution < 1.29 is 19.8 Å². The van der Waals surface area contributed by atoms with Crippen LogP contribution in [0.5, 0.6) is 0 Å². The van der Waals surface area contributed by atoms with Crippen molar-refractivity contribution >= 4 is 35.6 Å². The first-order valence-electron chi connectivity index (χ1n) is 12.8.